The molecule has 0 saturated carbocycles. The second-order valence-corrected chi connectivity index (χ2v) is 19.3. The van der Waals surface area contributed by atoms with Crippen molar-refractivity contribution in [1.29, 1.82) is 0 Å². The minimum Gasteiger partial charge on any atom is -0.462 e. The molecule has 0 spiro atoms. The van der Waals surface area contributed by atoms with Crippen molar-refractivity contribution in [2.24, 2.45) is 0 Å². The number of allylic oxidation sites excluding steroid dienone is 6. The first-order valence-electron chi connectivity index (χ1n) is 28.5. The van der Waals surface area contributed by atoms with Gasteiger partial charge in [-0.25, -0.2) is 0 Å². The summed E-state index contributed by atoms with van der Waals surface area (Å²) in [4.78, 5) is 24.4. The van der Waals surface area contributed by atoms with E-state index >= 15 is 0 Å². The van der Waals surface area contributed by atoms with Crippen molar-refractivity contribution in [3.63, 3.8) is 0 Å². The van der Waals surface area contributed by atoms with E-state index in [0.717, 1.165) is 70.6 Å². The van der Waals surface area contributed by atoms with E-state index < -0.39 is 6.10 Å². The molecule has 0 aromatic rings. The summed E-state index contributed by atoms with van der Waals surface area (Å²) in [5.41, 5.74) is 0. The molecule has 0 aliphatic rings. The van der Waals surface area contributed by atoms with Gasteiger partial charge in [-0.05, 0) is 44.9 Å². The van der Waals surface area contributed by atoms with Crippen molar-refractivity contribution in [1.82, 2.24) is 0 Å². The zero-order chi connectivity index (χ0) is 46.3. The molecule has 1 atom stereocenters. The van der Waals surface area contributed by atoms with Gasteiger partial charge in [0.1, 0.15) is 6.61 Å². The first kappa shape index (κ1) is 62.1. The fraction of sp³-hybridized carbons (Fsp3) is 0.864. The van der Waals surface area contributed by atoms with Gasteiger partial charge in [0.15, 0.2) is 6.10 Å². The average molecular weight is 900 g/mol. The van der Waals surface area contributed by atoms with E-state index in [4.69, 9.17) is 9.47 Å². The topological polar surface area (TPSA) is 72.8 Å². The van der Waals surface area contributed by atoms with E-state index in [1.54, 1.807) is 0 Å². The van der Waals surface area contributed by atoms with E-state index in [2.05, 4.69) is 50.3 Å². The van der Waals surface area contributed by atoms with E-state index in [1.165, 1.54) is 212 Å². The number of hydrogen-bond donors (Lipinski definition) is 1. The monoisotopic (exact) mass is 899 g/mol. The molecule has 0 aliphatic carbocycles. The lowest BCUT2D eigenvalue weighted by Crippen LogP contribution is -2.28. The molecule has 376 valence electrons. The Morgan fingerprint density at radius 2 is 0.672 bits per heavy atom. The molecule has 64 heavy (non-hydrogen) atoms. The van der Waals surface area contributed by atoms with Crippen molar-refractivity contribution in [3.05, 3.63) is 36.5 Å². The van der Waals surface area contributed by atoms with Crippen molar-refractivity contribution >= 4 is 11.9 Å². The van der Waals surface area contributed by atoms with E-state index in [0.29, 0.717) is 12.8 Å². The highest BCUT2D eigenvalue weighted by atomic mass is 16.6. The van der Waals surface area contributed by atoms with Gasteiger partial charge in [-0.1, -0.05) is 288 Å². The van der Waals surface area contributed by atoms with E-state index in [9.17, 15) is 14.7 Å². The Bertz CT molecular complexity index is 1020. The summed E-state index contributed by atoms with van der Waals surface area (Å²) < 4.78 is 10.7. The lowest BCUT2D eigenvalue weighted by molar-refractivity contribution is -0.161. The number of rotatable bonds is 53. The van der Waals surface area contributed by atoms with Gasteiger partial charge in [-0.3, -0.25) is 9.59 Å². The lowest BCUT2D eigenvalue weighted by atomic mass is 10.0. The number of esters is 2. The van der Waals surface area contributed by atoms with Crippen molar-refractivity contribution in [2.75, 3.05) is 13.2 Å². The zero-order valence-electron chi connectivity index (χ0n) is 43.1. The Kier molecular flexibility index (Phi) is 53.8. The first-order chi connectivity index (χ1) is 31.6. The molecule has 0 radical (unpaired) electrons. The Labute approximate surface area is 399 Å². The molecule has 0 heterocycles. The zero-order valence-corrected chi connectivity index (χ0v) is 43.1. The molecule has 0 aliphatic heterocycles. The highest BCUT2D eigenvalue weighted by Crippen LogP contribution is 2.18. The molecule has 1 N–H and O–H groups in total. The maximum atomic E-state index is 12.2. The summed E-state index contributed by atoms with van der Waals surface area (Å²) >= 11 is 0. The summed E-state index contributed by atoms with van der Waals surface area (Å²) in [5, 5.41) is 9.62. The Balaban J connectivity index is 3.37. The predicted octanol–water partition coefficient (Wildman–Crippen LogP) is 19.1. The quantitative estimate of drug-likeness (QED) is 0.0374. The van der Waals surface area contributed by atoms with Gasteiger partial charge in [0, 0.05) is 12.8 Å². The standard InChI is InChI=1S/C59H110O5/c1-3-5-7-9-11-13-15-17-19-20-21-22-23-24-25-26-27-28-29-30-31-32-33-34-35-36-37-38-40-41-43-45-47-49-51-53-58(61)63-56-57(55-60)64-59(62)54-52-50-48-46-44-42-39-18-16-14-12-10-8-6-4-2/h6,8,12,14,18,39,57,60H,3-5,7,9-11,13,15-17,19-38,40-56H2,1-2H3/b8-6-,14-12-,39-18-. The Morgan fingerprint density at radius 1 is 0.375 bits per heavy atom. The fourth-order valence-corrected chi connectivity index (χ4v) is 8.69. The molecule has 1 unspecified atom stereocenters. The Morgan fingerprint density at radius 3 is 1.02 bits per heavy atom. The molecule has 0 bridgehead atoms. The molecular weight excluding hydrogens is 789 g/mol. The van der Waals surface area contributed by atoms with Crippen molar-refractivity contribution in [2.45, 2.75) is 315 Å². The van der Waals surface area contributed by atoms with Crippen LogP contribution in [0.3, 0.4) is 0 Å². The Hall–Kier alpha value is -1.88. The van der Waals surface area contributed by atoms with Crippen molar-refractivity contribution in [3.8, 4) is 0 Å². The van der Waals surface area contributed by atoms with Crippen LogP contribution in [0.15, 0.2) is 36.5 Å². The van der Waals surface area contributed by atoms with Gasteiger partial charge >= 0.3 is 11.9 Å². The highest BCUT2D eigenvalue weighted by molar-refractivity contribution is 5.70. The normalized spacial score (nSPS) is 12.4. The number of aliphatic hydroxyl groups excluding tert-OH is 1. The number of carbonyl (C=O) groups is 2. The maximum absolute atomic E-state index is 12.2. The molecule has 0 amide bonds. The molecule has 0 aromatic carbocycles. The minimum absolute atomic E-state index is 0.0695. The van der Waals surface area contributed by atoms with Gasteiger partial charge < -0.3 is 14.6 Å². The van der Waals surface area contributed by atoms with E-state index in [1.807, 2.05) is 0 Å². The smallest absolute Gasteiger partial charge is 0.306 e. The van der Waals surface area contributed by atoms with Crippen LogP contribution in [-0.4, -0.2) is 36.4 Å². The maximum Gasteiger partial charge on any atom is 0.306 e. The molecular formula is C59H110O5. The van der Waals surface area contributed by atoms with Crippen LogP contribution in [0.2, 0.25) is 0 Å². The van der Waals surface area contributed by atoms with Crippen LogP contribution >= 0.6 is 0 Å². The second-order valence-electron chi connectivity index (χ2n) is 19.3. The van der Waals surface area contributed by atoms with Gasteiger partial charge in [0.25, 0.3) is 0 Å². The van der Waals surface area contributed by atoms with Crippen LogP contribution in [0, 0.1) is 0 Å². The molecule has 0 aromatic heterocycles. The van der Waals surface area contributed by atoms with Gasteiger partial charge in [-0.15, -0.1) is 0 Å². The summed E-state index contributed by atoms with van der Waals surface area (Å²) in [7, 11) is 0. The van der Waals surface area contributed by atoms with Crippen LogP contribution in [0.4, 0.5) is 0 Å². The van der Waals surface area contributed by atoms with Crippen molar-refractivity contribution < 1.29 is 24.2 Å². The highest BCUT2D eigenvalue weighted by Gasteiger charge is 2.16. The number of hydrogen-bond acceptors (Lipinski definition) is 5. The number of carbonyl (C=O) groups excluding carboxylic acids is 2. The van der Waals surface area contributed by atoms with Crippen LogP contribution in [0.25, 0.3) is 0 Å². The summed E-state index contributed by atoms with van der Waals surface area (Å²) in [6, 6.07) is 0. The minimum atomic E-state index is -0.779. The average Bonchev–Trinajstić information content (AvgIpc) is 3.30. The largest absolute Gasteiger partial charge is 0.462 e. The summed E-state index contributed by atoms with van der Waals surface area (Å²) in [6.07, 6.45) is 71.5. The number of unbranched alkanes of at least 4 members (excludes halogenated alkanes) is 39. The molecule has 0 fully saturated rings. The third kappa shape index (κ3) is 52.7. The van der Waals surface area contributed by atoms with E-state index in [-0.39, 0.29) is 25.2 Å². The summed E-state index contributed by atoms with van der Waals surface area (Å²) in [5.74, 6) is -0.598. The third-order valence-electron chi connectivity index (χ3n) is 12.9. The third-order valence-corrected chi connectivity index (χ3v) is 12.9. The van der Waals surface area contributed by atoms with Crippen LogP contribution < -0.4 is 0 Å². The molecule has 5 heteroatoms. The molecule has 5 nitrogen and oxygen atoms in total. The van der Waals surface area contributed by atoms with Gasteiger partial charge in [-0.2, -0.15) is 0 Å². The van der Waals surface area contributed by atoms with Gasteiger partial charge in [0.2, 0.25) is 0 Å². The lowest BCUT2D eigenvalue weighted by Gasteiger charge is -2.15. The fourth-order valence-electron chi connectivity index (χ4n) is 8.69. The SMILES string of the molecule is CC/C=C\C/C=C\C/C=C\CCCCCCCC(=O)OC(CO)COC(=O)CCCCCCCCCCCCCCCCCCCCCCCCCCCCCCCCCCCCC. The number of ether oxygens (including phenoxy) is 2. The van der Waals surface area contributed by atoms with Crippen LogP contribution in [-0.2, 0) is 19.1 Å². The first-order valence-corrected chi connectivity index (χ1v) is 28.5. The second kappa shape index (κ2) is 55.4. The molecule has 0 saturated heterocycles. The molecule has 0 rings (SSSR count). The summed E-state index contributed by atoms with van der Waals surface area (Å²) in [6.45, 7) is 4.05. The van der Waals surface area contributed by atoms with Gasteiger partial charge in [0.05, 0.1) is 6.61 Å². The number of aliphatic hydroxyl groups is 1. The van der Waals surface area contributed by atoms with Crippen LogP contribution in [0.5, 0.6) is 0 Å². The predicted molar refractivity (Wildman–Crippen MR) is 279 cm³/mol. The van der Waals surface area contributed by atoms with Crippen LogP contribution in [0.1, 0.15) is 309 Å².